The summed E-state index contributed by atoms with van der Waals surface area (Å²) in [5.41, 5.74) is 0.597. The number of carbonyl (C=O) groups is 1. The van der Waals surface area contributed by atoms with Crippen LogP contribution in [0.2, 0.25) is 0 Å². The second-order valence-corrected chi connectivity index (χ2v) is 6.42. The van der Waals surface area contributed by atoms with Gasteiger partial charge in [-0.05, 0) is 38.5 Å². The van der Waals surface area contributed by atoms with Crippen molar-refractivity contribution < 1.29 is 23.8 Å². The zero-order valence-corrected chi connectivity index (χ0v) is 13.8. The Hall–Kier alpha value is -1.66. The fourth-order valence-electron chi connectivity index (χ4n) is 2.69. The third kappa shape index (κ3) is 4.65. The molecule has 1 aliphatic heterocycles. The standard InChI is InChI=1S/C17H24FNO4/c1-4-22-15-6-5-12(7-14(15)18)9-19-10-13(8-16(20)21)23-11-17(19,2)3/h5-7,13H,4,8-11H2,1-3H3,(H,20,21). The highest BCUT2D eigenvalue weighted by Gasteiger charge is 2.35. The minimum Gasteiger partial charge on any atom is -0.491 e. The molecule has 2 rings (SSSR count). The van der Waals surface area contributed by atoms with Gasteiger partial charge in [-0.2, -0.15) is 0 Å². The van der Waals surface area contributed by atoms with Crippen LogP contribution in [0.5, 0.6) is 5.75 Å². The Morgan fingerprint density at radius 2 is 2.26 bits per heavy atom. The molecule has 1 heterocycles. The second kappa shape index (κ2) is 7.27. The average Bonchev–Trinajstić information content (AvgIpc) is 2.45. The van der Waals surface area contributed by atoms with Crippen LogP contribution in [-0.2, 0) is 16.1 Å². The van der Waals surface area contributed by atoms with Gasteiger partial charge in [0.2, 0.25) is 0 Å². The summed E-state index contributed by atoms with van der Waals surface area (Å²) in [5, 5.41) is 8.93. The van der Waals surface area contributed by atoms with Crippen LogP contribution in [0.4, 0.5) is 4.39 Å². The highest BCUT2D eigenvalue weighted by molar-refractivity contribution is 5.67. The average molecular weight is 325 g/mol. The molecule has 1 atom stereocenters. The lowest BCUT2D eigenvalue weighted by Crippen LogP contribution is -2.55. The number of hydrogen-bond acceptors (Lipinski definition) is 4. The van der Waals surface area contributed by atoms with Crippen molar-refractivity contribution in [2.45, 2.75) is 45.4 Å². The maximum absolute atomic E-state index is 14.0. The number of carboxylic acid groups (broad SMARTS) is 1. The van der Waals surface area contributed by atoms with Gasteiger partial charge in [-0.1, -0.05) is 6.07 Å². The van der Waals surface area contributed by atoms with Crippen molar-refractivity contribution >= 4 is 5.97 Å². The number of carboxylic acids is 1. The van der Waals surface area contributed by atoms with Gasteiger partial charge in [0.05, 0.1) is 25.7 Å². The molecule has 1 aliphatic rings. The molecule has 1 aromatic rings. The Labute approximate surface area is 136 Å². The Bertz CT molecular complexity index is 562. The first-order valence-electron chi connectivity index (χ1n) is 7.81. The van der Waals surface area contributed by atoms with Gasteiger partial charge in [-0.3, -0.25) is 9.69 Å². The summed E-state index contributed by atoms with van der Waals surface area (Å²) < 4.78 is 24.8. The highest BCUT2D eigenvalue weighted by Crippen LogP contribution is 2.27. The molecule has 1 unspecified atom stereocenters. The maximum atomic E-state index is 14.0. The van der Waals surface area contributed by atoms with Gasteiger partial charge < -0.3 is 14.6 Å². The number of aliphatic carboxylic acids is 1. The van der Waals surface area contributed by atoms with Gasteiger partial charge in [0.15, 0.2) is 11.6 Å². The Kier molecular flexibility index (Phi) is 5.59. The molecule has 0 radical (unpaired) electrons. The highest BCUT2D eigenvalue weighted by atomic mass is 19.1. The molecule has 0 aliphatic carbocycles. The van der Waals surface area contributed by atoms with Gasteiger partial charge in [0.25, 0.3) is 0 Å². The number of nitrogens with zero attached hydrogens (tertiary/aromatic N) is 1. The van der Waals surface area contributed by atoms with Crippen LogP contribution in [0.15, 0.2) is 18.2 Å². The van der Waals surface area contributed by atoms with Crippen LogP contribution in [0.1, 0.15) is 32.8 Å². The quantitative estimate of drug-likeness (QED) is 0.871. The number of ether oxygens (including phenoxy) is 2. The number of rotatable bonds is 6. The van der Waals surface area contributed by atoms with E-state index in [1.54, 1.807) is 6.07 Å². The summed E-state index contributed by atoms with van der Waals surface area (Å²) in [5.74, 6) is -1.000. The van der Waals surface area contributed by atoms with Crippen LogP contribution >= 0.6 is 0 Å². The zero-order valence-electron chi connectivity index (χ0n) is 13.8. The van der Waals surface area contributed by atoms with Crippen molar-refractivity contribution in [1.82, 2.24) is 4.90 Å². The van der Waals surface area contributed by atoms with E-state index in [2.05, 4.69) is 4.90 Å². The van der Waals surface area contributed by atoms with Crippen molar-refractivity contribution in [3.63, 3.8) is 0 Å². The molecule has 0 saturated carbocycles. The number of morpholine rings is 1. The normalized spacial score (nSPS) is 21.1. The Morgan fingerprint density at radius 3 is 2.87 bits per heavy atom. The molecular weight excluding hydrogens is 301 g/mol. The molecule has 0 bridgehead atoms. The molecule has 1 fully saturated rings. The van der Waals surface area contributed by atoms with Crippen molar-refractivity contribution in [2.75, 3.05) is 19.8 Å². The molecule has 0 amide bonds. The van der Waals surface area contributed by atoms with E-state index in [1.165, 1.54) is 6.07 Å². The SMILES string of the molecule is CCOc1ccc(CN2CC(CC(=O)O)OCC2(C)C)cc1F. The van der Waals surface area contributed by atoms with Gasteiger partial charge in [0, 0.05) is 18.6 Å². The van der Waals surface area contributed by atoms with E-state index < -0.39 is 5.97 Å². The molecule has 0 spiro atoms. The lowest BCUT2D eigenvalue weighted by atomic mass is 9.98. The fourth-order valence-corrected chi connectivity index (χ4v) is 2.69. The second-order valence-electron chi connectivity index (χ2n) is 6.42. The Morgan fingerprint density at radius 1 is 1.52 bits per heavy atom. The molecule has 5 nitrogen and oxygen atoms in total. The first-order chi connectivity index (χ1) is 10.8. The minimum absolute atomic E-state index is 0.0236. The van der Waals surface area contributed by atoms with E-state index in [1.807, 2.05) is 26.8 Å². The third-order valence-corrected chi connectivity index (χ3v) is 4.02. The van der Waals surface area contributed by atoms with Gasteiger partial charge >= 0.3 is 5.97 Å². The predicted molar refractivity (Wildman–Crippen MR) is 84.1 cm³/mol. The topological polar surface area (TPSA) is 59.0 Å². The maximum Gasteiger partial charge on any atom is 0.306 e. The summed E-state index contributed by atoms with van der Waals surface area (Å²) in [7, 11) is 0. The van der Waals surface area contributed by atoms with Crippen LogP contribution in [-0.4, -0.2) is 47.4 Å². The molecular formula is C17H24FNO4. The lowest BCUT2D eigenvalue weighted by Gasteiger charge is -2.45. The fraction of sp³-hybridized carbons (Fsp3) is 0.588. The van der Waals surface area contributed by atoms with Crippen LogP contribution in [0, 0.1) is 5.82 Å². The molecule has 0 aromatic heterocycles. The first kappa shape index (κ1) is 17.7. The van der Waals surface area contributed by atoms with Gasteiger partial charge in [-0.25, -0.2) is 4.39 Å². The number of hydrogen-bond donors (Lipinski definition) is 1. The van der Waals surface area contributed by atoms with Crippen LogP contribution in [0.3, 0.4) is 0 Å². The van der Waals surface area contributed by atoms with Crippen molar-refractivity contribution in [1.29, 1.82) is 0 Å². The van der Waals surface area contributed by atoms with Crippen LogP contribution in [0.25, 0.3) is 0 Å². The molecule has 1 saturated heterocycles. The van der Waals surface area contributed by atoms with Crippen LogP contribution < -0.4 is 4.74 Å². The summed E-state index contributed by atoms with van der Waals surface area (Å²) in [6.45, 7) is 7.80. The number of benzene rings is 1. The third-order valence-electron chi connectivity index (χ3n) is 4.02. The summed E-state index contributed by atoms with van der Waals surface area (Å²) in [4.78, 5) is 13.0. The monoisotopic (exact) mass is 325 g/mol. The largest absolute Gasteiger partial charge is 0.491 e. The summed E-state index contributed by atoms with van der Waals surface area (Å²) >= 11 is 0. The molecule has 128 valence electrons. The van der Waals surface area contributed by atoms with E-state index >= 15 is 0 Å². The molecule has 6 heteroatoms. The summed E-state index contributed by atoms with van der Waals surface area (Å²) in [6, 6.07) is 4.95. The predicted octanol–water partition coefficient (Wildman–Crippen LogP) is 2.68. The van der Waals surface area contributed by atoms with E-state index in [0.717, 1.165) is 5.56 Å². The van der Waals surface area contributed by atoms with Crippen molar-refractivity contribution in [2.24, 2.45) is 0 Å². The molecule has 1 aromatic carbocycles. The van der Waals surface area contributed by atoms with Crippen molar-refractivity contribution in [3.05, 3.63) is 29.6 Å². The van der Waals surface area contributed by atoms with E-state index in [-0.39, 0.29) is 29.6 Å². The molecule has 1 N–H and O–H groups in total. The summed E-state index contributed by atoms with van der Waals surface area (Å²) in [6.07, 6.45) is -0.363. The van der Waals surface area contributed by atoms with Crippen molar-refractivity contribution in [3.8, 4) is 5.75 Å². The molecule has 23 heavy (non-hydrogen) atoms. The van der Waals surface area contributed by atoms with E-state index in [4.69, 9.17) is 14.6 Å². The lowest BCUT2D eigenvalue weighted by molar-refractivity contribution is -0.147. The first-order valence-corrected chi connectivity index (χ1v) is 7.81. The van der Waals surface area contributed by atoms with E-state index in [9.17, 15) is 9.18 Å². The van der Waals surface area contributed by atoms with E-state index in [0.29, 0.717) is 26.3 Å². The Balaban J connectivity index is 2.09. The number of halogens is 1. The zero-order chi connectivity index (χ0) is 17.0. The van der Waals surface area contributed by atoms with Gasteiger partial charge in [0.1, 0.15) is 0 Å². The smallest absolute Gasteiger partial charge is 0.306 e. The minimum atomic E-state index is -0.873. The van der Waals surface area contributed by atoms with Gasteiger partial charge in [-0.15, -0.1) is 0 Å².